The number of hydrogen-bond acceptors (Lipinski definition) is 8. The maximum atomic E-state index is 13.3. The van der Waals surface area contributed by atoms with Crippen LogP contribution in [0, 0.1) is 0 Å². The van der Waals surface area contributed by atoms with E-state index in [0.29, 0.717) is 32.3 Å². The van der Waals surface area contributed by atoms with Gasteiger partial charge in [-0.15, -0.1) is 11.3 Å². The summed E-state index contributed by atoms with van der Waals surface area (Å²) in [5.74, 6) is 0.306. The highest BCUT2D eigenvalue weighted by molar-refractivity contribution is 7.20. The van der Waals surface area contributed by atoms with Gasteiger partial charge in [-0.2, -0.15) is 0 Å². The molecule has 11 heteroatoms. The first-order chi connectivity index (χ1) is 18.9. The Bertz CT molecular complexity index is 1690. The Balaban J connectivity index is 1.55. The molecule has 10 nitrogen and oxygen atoms in total. The van der Waals surface area contributed by atoms with E-state index >= 15 is 0 Å². The van der Waals surface area contributed by atoms with Crippen LogP contribution in [0.1, 0.15) is 51.9 Å². The minimum absolute atomic E-state index is 0.00667. The zero-order valence-corrected chi connectivity index (χ0v) is 24.0. The largest absolute Gasteiger partial charge is 0.493 e. The highest BCUT2D eigenvalue weighted by Gasteiger charge is 2.20. The number of nitrogens with zero attached hydrogens (tertiary/aromatic N) is 2. The normalized spacial score (nSPS) is 11.3. The van der Waals surface area contributed by atoms with Crippen molar-refractivity contribution in [3.8, 4) is 11.5 Å². The molecule has 2 heterocycles. The first-order valence-electron chi connectivity index (χ1n) is 12.5. The fraction of sp³-hybridized carbons (Fsp3) is 0.310. The number of nitrogens with one attached hydrogen (secondary N) is 1. The Labute approximate surface area is 234 Å². The van der Waals surface area contributed by atoms with Crippen molar-refractivity contribution in [3.63, 3.8) is 0 Å². The van der Waals surface area contributed by atoms with Crippen molar-refractivity contribution in [3.05, 3.63) is 90.9 Å². The van der Waals surface area contributed by atoms with Crippen molar-refractivity contribution < 1.29 is 23.8 Å². The van der Waals surface area contributed by atoms with Crippen LogP contribution in [0.5, 0.6) is 11.5 Å². The van der Waals surface area contributed by atoms with Crippen LogP contribution < -0.4 is 26.0 Å². The predicted molar refractivity (Wildman–Crippen MR) is 153 cm³/mol. The van der Waals surface area contributed by atoms with Gasteiger partial charge >= 0.3 is 11.7 Å². The maximum Gasteiger partial charge on any atom is 0.338 e. The molecule has 40 heavy (non-hydrogen) atoms. The topological polar surface area (TPSA) is 118 Å². The van der Waals surface area contributed by atoms with Gasteiger partial charge in [0.25, 0.3) is 11.5 Å². The molecule has 1 N–H and O–H groups in total. The number of fused-ring (bicyclic) bond motifs is 1. The van der Waals surface area contributed by atoms with E-state index in [2.05, 4.69) is 5.32 Å². The fourth-order valence-electron chi connectivity index (χ4n) is 4.06. The number of carbonyl (C=O) groups excluding carboxylic acids is 2. The zero-order chi connectivity index (χ0) is 29.2. The first-order valence-corrected chi connectivity index (χ1v) is 13.3. The minimum atomic E-state index is -0.621. The van der Waals surface area contributed by atoms with Crippen LogP contribution in [0.4, 0.5) is 0 Å². The minimum Gasteiger partial charge on any atom is -0.493 e. The van der Waals surface area contributed by atoms with Crippen molar-refractivity contribution in [1.29, 1.82) is 0 Å². The standard InChI is InChI=1S/C29H31N3O7S/c1-29(2,3)39-27(35)19-10-7-17(8-11-19)16-32-25(34)20-14-23(40-26(20)31(4)28(32)36)24(33)30-15-18-9-12-21(37-5)22(13-18)38-6/h7-14H,15-16H2,1-6H3,(H,30,33). The van der Waals surface area contributed by atoms with Crippen LogP contribution in [0.15, 0.2) is 58.1 Å². The van der Waals surface area contributed by atoms with E-state index in [0.717, 1.165) is 21.5 Å². The Morgan fingerprint density at radius 1 is 0.925 bits per heavy atom. The summed E-state index contributed by atoms with van der Waals surface area (Å²) in [6.45, 7) is 5.60. The van der Waals surface area contributed by atoms with Crippen molar-refractivity contribution >= 4 is 33.4 Å². The molecule has 210 valence electrons. The molecule has 0 aliphatic carbocycles. The maximum absolute atomic E-state index is 13.3. The van der Waals surface area contributed by atoms with Crippen LogP contribution >= 0.6 is 11.3 Å². The molecule has 2 aromatic heterocycles. The molecule has 0 aliphatic rings. The molecule has 0 unspecified atom stereocenters. The lowest BCUT2D eigenvalue weighted by molar-refractivity contribution is 0.00694. The molecule has 0 saturated heterocycles. The molecule has 0 atom stereocenters. The van der Waals surface area contributed by atoms with Crippen molar-refractivity contribution in [2.24, 2.45) is 7.05 Å². The molecule has 1 amide bonds. The molecule has 0 radical (unpaired) electrons. The number of amides is 1. The highest BCUT2D eigenvalue weighted by atomic mass is 32.1. The molecule has 4 aromatic rings. The van der Waals surface area contributed by atoms with E-state index in [4.69, 9.17) is 14.2 Å². The Morgan fingerprint density at radius 2 is 1.57 bits per heavy atom. The number of aryl methyl sites for hydroxylation is 1. The van der Waals surface area contributed by atoms with Crippen LogP contribution in [0.2, 0.25) is 0 Å². The van der Waals surface area contributed by atoms with Crippen LogP contribution in [-0.2, 0) is 24.9 Å². The number of methoxy groups -OCH3 is 2. The summed E-state index contributed by atoms with van der Waals surface area (Å²) < 4.78 is 18.4. The molecule has 0 bridgehead atoms. The highest BCUT2D eigenvalue weighted by Crippen LogP contribution is 2.28. The van der Waals surface area contributed by atoms with Crippen molar-refractivity contribution in [2.75, 3.05) is 14.2 Å². The summed E-state index contributed by atoms with van der Waals surface area (Å²) in [5, 5.41) is 3.11. The van der Waals surface area contributed by atoms with Gasteiger partial charge in [0.15, 0.2) is 11.5 Å². The third-order valence-electron chi connectivity index (χ3n) is 6.06. The molecule has 0 saturated carbocycles. The van der Waals surface area contributed by atoms with Gasteiger partial charge < -0.3 is 19.5 Å². The smallest absolute Gasteiger partial charge is 0.338 e. The summed E-state index contributed by atoms with van der Waals surface area (Å²) >= 11 is 1.08. The number of thiophene rings is 1. The molecule has 0 aliphatic heterocycles. The SMILES string of the molecule is COc1ccc(CNC(=O)c2cc3c(=O)n(Cc4ccc(C(=O)OC(C)(C)C)cc4)c(=O)n(C)c3s2)cc1OC. The molecule has 4 rings (SSSR count). The Morgan fingerprint density at radius 3 is 2.20 bits per heavy atom. The van der Waals surface area contributed by atoms with Gasteiger partial charge in [0.1, 0.15) is 10.4 Å². The summed E-state index contributed by atoms with van der Waals surface area (Å²) in [5.41, 5.74) is 0.214. The van der Waals surface area contributed by atoms with Gasteiger partial charge in [0.2, 0.25) is 0 Å². The average molecular weight is 566 g/mol. The van der Waals surface area contributed by atoms with Crippen LogP contribution in [0.3, 0.4) is 0 Å². The third-order valence-corrected chi connectivity index (χ3v) is 7.27. The molecule has 0 spiro atoms. The molecule has 2 aromatic carbocycles. The Kier molecular flexibility index (Phi) is 8.15. The average Bonchev–Trinajstić information content (AvgIpc) is 3.38. The number of benzene rings is 2. The second-order valence-electron chi connectivity index (χ2n) is 10.1. The van der Waals surface area contributed by atoms with E-state index in [9.17, 15) is 19.2 Å². The van der Waals surface area contributed by atoms with E-state index in [1.165, 1.54) is 17.7 Å². The number of aromatic nitrogens is 2. The number of ether oxygens (including phenoxy) is 3. The number of esters is 1. The van der Waals surface area contributed by atoms with Crippen LogP contribution in [-0.4, -0.2) is 40.8 Å². The van der Waals surface area contributed by atoms with Crippen LogP contribution in [0.25, 0.3) is 10.2 Å². The van der Waals surface area contributed by atoms with Crippen molar-refractivity contribution in [1.82, 2.24) is 14.5 Å². The number of hydrogen-bond donors (Lipinski definition) is 1. The summed E-state index contributed by atoms with van der Waals surface area (Å²) in [4.78, 5) is 52.3. The summed E-state index contributed by atoms with van der Waals surface area (Å²) in [6.07, 6.45) is 0. The number of rotatable bonds is 8. The van der Waals surface area contributed by atoms with Gasteiger partial charge in [0.05, 0.1) is 36.6 Å². The monoisotopic (exact) mass is 565 g/mol. The lowest BCUT2D eigenvalue weighted by Crippen LogP contribution is -2.38. The predicted octanol–water partition coefficient (Wildman–Crippen LogP) is 3.71. The van der Waals surface area contributed by atoms with E-state index in [1.54, 1.807) is 71.3 Å². The van der Waals surface area contributed by atoms with E-state index < -0.39 is 22.8 Å². The second kappa shape index (κ2) is 11.4. The number of carbonyl (C=O) groups is 2. The Hall–Kier alpha value is -4.38. The third kappa shape index (κ3) is 6.09. The first kappa shape index (κ1) is 28.6. The van der Waals surface area contributed by atoms with Gasteiger partial charge in [-0.05, 0) is 62.2 Å². The molecular formula is C29H31N3O7S. The molecular weight excluding hydrogens is 534 g/mol. The van der Waals surface area contributed by atoms with Gasteiger partial charge in [-0.3, -0.25) is 18.7 Å². The second-order valence-corrected chi connectivity index (χ2v) is 11.2. The fourth-order valence-corrected chi connectivity index (χ4v) is 5.08. The molecule has 0 fully saturated rings. The zero-order valence-electron chi connectivity index (χ0n) is 23.2. The van der Waals surface area contributed by atoms with E-state index in [1.807, 2.05) is 6.07 Å². The lowest BCUT2D eigenvalue weighted by atomic mass is 10.1. The summed E-state index contributed by atoms with van der Waals surface area (Å²) in [6, 6.07) is 13.4. The van der Waals surface area contributed by atoms with Gasteiger partial charge in [-0.1, -0.05) is 18.2 Å². The summed E-state index contributed by atoms with van der Waals surface area (Å²) in [7, 11) is 4.64. The quantitative estimate of drug-likeness (QED) is 0.324. The van der Waals surface area contributed by atoms with Gasteiger partial charge in [-0.25, -0.2) is 9.59 Å². The van der Waals surface area contributed by atoms with E-state index in [-0.39, 0.29) is 24.4 Å². The van der Waals surface area contributed by atoms with Gasteiger partial charge in [0, 0.05) is 13.6 Å². The van der Waals surface area contributed by atoms with Crippen molar-refractivity contribution in [2.45, 2.75) is 39.5 Å². The lowest BCUT2D eigenvalue weighted by Gasteiger charge is -2.19.